The van der Waals surface area contributed by atoms with E-state index in [-0.39, 0.29) is 17.0 Å². The van der Waals surface area contributed by atoms with Gasteiger partial charge in [0, 0.05) is 30.1 Å². The lowest BCUT2D eigenvalue weighted by atomic mass is 10.0. The fourth-order valence-corrected chi connectivity index (χ4v) is 3.80. The molecule has 2 heterocycles. The van der Waals surface area contributed by atoms with Crippen molar-refractivity contribution in [2.24, 2.45) is 7.05 Å². The lowest BCUT2D eigenvalue weighted by Gasteiger charge is -2.17. The quantitative estimate of drug-likeness (QED) is 0.376. The predicted octanol–water partition coefficient (Wildman–Crippen LogP) is 5.95. The maximum absolute atomic E-state index is 13.8. The normalized spacial score (nSPS) is 11.0. The van der Waals surface area contributed by atoms with E-state index in [1.54, 1.807) is 32.5 Å². The third kappa shape index (κ3) is 3.94. The van der Waals surface area contributed by atoms with Crippen LogP contribution in [-0.4, -0.2) is 9.72 Å². The van der Waals surface area contributed by atoms with Crippen molar-refractivity contribution in [2.45, 2.75) is 13.8 Å². The Balaban J connectivity index is 1.92. The predicted molar refractivity (Wildman–Crippen MR) is 122 cm³/mol. The van der Waals surface area contributed by atoms with Gasteiger partial charge in [-0.25, -0.2) is 4.39 Å². The minimum absolute atomic E-state index is 0.166. The van der Waals surface area contributed by atoms with Gasteiger partial charge in [0.2, 0.25) is 5.58 Å². The van der Waals surface area contributed by atoms with Crippen molar-refractivity contribution in [3.05, 3.63) is 82.0 Å². The zero-order chi connectivity index (χ0) is 22.1. The number of hydrogen-bond donors (Lipinski definition) is 1. The van der Waals surface area contributed by atoms with Crippen LogP contribution in [0.1, 0.15) is 11.1 Å². The molecule has 31 heavy (non-hydrogen) atoms. The number of aromatic nitrogens is 2. The van der Waals surface area contributed by atoms with E-state index in [1.165, 1.54) is 34.8 Å². The monoisotopic (exact) mass is 437 g/mol. The second kappa shape index (κ2) is 8.31. The third-order valence-electron chi connectivity index (χ3n) is 4.86. The number of halogens is 1. The summed E-state index contributed by atoms with van der Waals surface area (Å²) in [4.78, 5) is 12.4. The van der Waals surface area contributed by atoms with Gasteiger partial charge in [-0.1, -0.05) is 11.7 Å². The molecule has 0 radical (unpaired) electrons. The molecule has 2 aromatic heterocycles. The summed E-state index contributed by atoms with van der Waals surface area (Å²) in [6, 6.07) is 8.47. The Morgan fingerprint density at radius 2 is 1.97 bits per heavy atom. The smallest absolute Gasteiger partial charge is 0.296 e. The Labute approximate surface area is 182 Å². The summed E-state index contributed by atoms with van der Waals surface area (Å²) < 4.78 is 29.9. The number of fused-ring (bicyclic) bond motifs is 1. The highest BCUT2D eigenvalue weighted by atomic mass is 32.2. The summed E-state index contributed by atoms with van der Waals surface area (Å²) in [5.41, 5.74) is 3.52. The molecule has 8 heteroatoms. The average Bonchev–Trinajstić information content (AvgIpc) is 3.22. The maximum atomic E-state index is 13.8. The van der Waals surface area contributed by atoms with Gasteiger partial charge in [-0.05, 0) is 72.7 Å². The van der Waals surface area contributed by atoms with Crippen LogP contribution in [0.15, 0.2) is 64.0 Å². The van der Waals surface area contributed by atoms with Crippen molar-refractivity contribution >= 4 is 28.6 Å². The molecule has 0 amide bonds. The van der Waals surface area contributed by atoms with Gasteiger partial charge in [0.1, 0.15) is 17.3 Å². The third-order valence-corrected chi connectivity index (χ3v) is 5.39. The summed E-state index contributed by atoms with van der Waals surface area (Å²) in [6.07, 6.45) is 3.24. The van der Waals surface area contributed by atoms with Crippen molar-refractivity contribution in [2.75, 3.05) is 4.72 Å². The van der Waals surface area contributed by atoms with E-state index in [0.29, 0.717) is 28.0 Å². The van der Waals surface area contributed by atoms with E-state index >= 15 is 0 Å². The van der Waals surface area contributed by atoms with Crippen LogP contribution >= 0.6 is 11.9 Å². The van der Waals surface area contributed by atoms with Gasteiger partial charge < -0.3 is 18.5 Å². The molecule has 0 spiro atoms. The molecule has 4 aromatic rings. The minimum Gasteiger partial charge on any atom is -0.456 e. The Morgan fingerprint density at radius 3 is 2.68 bits per heavy atom. The first-order valence-corrected chi connectivity index (χ1v) is 10.3. The number of rotatable bonds is 6. The molecule has 6 nitrogen and oxygen atoms in total. The van der Waals surface area contributed by atoms with Crippen molar-refractivity contribution in [1.29, 1.82) is 0 Å². The molecule has 4 rings (SSSR count). The van der Waals surface area contributed by atoms with E-state index in [2.05, 4.69) is 16.5 Å². The Bertz CT molecular complexity index is 1340. The number of nitrogens with one attached hydrogen (secondary N) is 1. The number of anilines is 1. The van der Waals surface area contributed by atoms with Crippen molar-refractivity contribution in [3.8, 4) is 22.6 Å². The van der Waals surface area contributed by atoms with Gasteiger partial charge in [-0.3, -0.25) is 4.79 Å². The molecule has 0 aliphatic rings. The topological polar surface area (TPSA) is 69.3 Å². The van der Waals surface area contributed by atoms with Crippen LogP contribution in [0.2, 0.25) is 0 Å². The molecule has 0 fully saturated rings. The van der Waals surface area contributed by atoms with Gasteiger partial charge in [-0.2, -0.15) is 0 Å². The fourth-order valence-electron chi connectivity index (χ4n) is 3.45. The Kier molecular flexibility index (Phi) is 5.56. The van der Waals surface area contributed by atoms with Crippen LogP contribution in [-0.2, 0) is 7.05 Å². The highest BCUT2D eigenvalue weighted by molar-refractivity contribution is 8.03. The van der Waals surface area contributed by atoms with Gasteiger partial charge in [0.05, 0.1) is 11.6 Å². The van der Waals surface area contributed by atoms with Crippen LogP contribution in [0, 0.1) is 19.7 Å². The van der Waals surface area contributed by atoms with Gasteiger partial charge >= 0.3 is 0 Å². The highest BCUT2D eigenvalue weighted by Crippen LogP contribution is 2.40. The number of pyridine rings is 1. The van der Waals surface area contributed by atoms with Gasteiger partial charge in [0.15, 0.2) is 0 Å². The first-order valence-electron chi connectivity index (χ1n) is 9.44. The summed E-state index contributed by atoms with van der Waals surface area (Å²) >= 11 is 1.34. The summed E-state index contributed by atoms with van der Waals surface area (Å²) in [5, 5.41) is 6.07. The molecule has 0 atom stereocenters. The van der Waals surface area contributed by atoms with Gasteiger partial charge in [-0.15, -0.1) is 0 Å². The van der Waals surface area contributed by atoms with Crippen molar-refractivity contribution < 1.29 is 13.7 Å². The SMILES string of the molecule is C=CSNc1ccc(Oc2c(C)cc(F)cc2C)c(-c2cn(C)c(=O)c3oncc23)c1. The molecule has 0 aliphatic heterocycles. The zero-order valence-electron chi connectivity index (χ0n) is 17.2. The summed E-state index contributed by atoms with van der Waals surface area (Å²) in [7, 11) is 1.65. The van der Waals surface area contributed by atoms with Crippen LogP contribution in [0.25, 0.3) is 22.1 Å². The second-order valence-electron chi connectivity index (χ2n) is 7.10. The van der Waals surface area contributed by atoms with E-state index in [9.17, 15) is 9.18 Å². The molecule has 0 aliphatic carbocycles. The molecule has 0 saturated carbocycles. The fraction of sp³-hybridized carbons (Fsp3) is 0.130. The van der Waals surface area contributed by atoms with E-state index < -0.39 is 0 Å². The number of hydrogen-bond acceptors (Lipinski definition) is 6. The van der Waals surface area contributed by atoms with E-state index in [0.717, 1.165) is 16.8 Å². The Morgan fingerprint density at radius 1 is 1.23 bits per heavy atom. The first kappa shape index (κ1) is 20.7. The number of nitrogens with zero attached hydrogens (tertiary/aromatic N) is 2. The van der Waals surface area contributed by atoms with Crippen LogP contribution in [0.5, 0.6) is 11.5 Å². The van der Waals surface area contributed by atoms with Gasteiger partial charge in [0.25, 0.3) is 5.56 Å². The second-order valence-corrected chi connectivity index (χ2v) is 7.87. The van der Waals surface area contributed by atoms with E-state index in [1.807, 2.05) is 18.2 Å². The standard InChI is InChI=1S/C23H20FN3O3S/c1-5-31-26-16-6-7-20(29-21-13(2)8-15(24)9-14(21)3)17(10-16)19-12-27(4)23(28)22-18(19)11-25-30-22/h5-12,26H,1H2,2-4H3. The largest absolute Gasteiger partial charge is 0.456 e. The van der Waals surface area contributed by atoms with Crippen LogP contribution in [0.4, 0.5) is 10.1 Å². The average molecular weight is 437 g/mol. The molecule has 1 N–H and O–H groups in total. The summed E-state index contributed by atoms with van der Waals surface area (Å²) in [6.45, 7) is 7.29. The number of aryl methyl sites for hydroxylation is 3. The van der Waals surface area contributed by atoms with E-state index in [4.69, 9.17) is 9.26 Å². The molecule has 0 bridgehead atoms. The van der Waals surface area contributed by atoms with Crippen molar-refractivity contribution in [1.82, 2.24) is 9.72 Å². The maximum Gasteiger partial charge on any atom is 0.296 e. The highest BCUT2D eigenvalue weighted by Gasteiger charge is 2.18. The van der Waals surface area contributed by atoms with Crippen LogP contribution < -0.4 is 15.0 Å². The molecule has 158 valence electrons. The zero-order valence-corrected chi connectivity index (χ0v) is 18.0. The lowest BCUT2D eigenvalue weighted by molar-refractivity contribution is 0.452. The van der Waals surface area contributed by atoms with Crippen molar-refractivity contribution in [3.63, 3.8) is 0 Å². The molecular formula is C23H20FN3O3S. The van der Waals surface area contributed by atoms with Crippen LogP contribution in [0.3, 0.4) is 0 Å². The first-order chi connectivity index (χ1) is 14.9. The lowest BCUT2D eigenvalue weighted by Crippen LogP contribution is -2.15. The molecule has 0 saturated heterocycles. The number of ether oxygens (including phenoxy) is 1. The number of benzene rings is 2. The minimum atomic E-state index is -0.312. The molecule has 0 unspecified atom stereocenters. The Hall–Kier alpha value is -3.52. The molecular weight excluding hydrogens is 417 g/mol. The molecule has 2 aromatic carbocycles. The summed E-state index contributed by atoms with van der Waals surface area (Å²) in [5.74, 6) is 0.816.